The van der Waals surface area contributed by atoms with Crippen LogP contribution in [0.5, 0.6) is 17.2 Å². The lowest BCUT2D eigenvalue weighted by Gasteiger charge is -2.23. The number of aromatic hydroxyl groups is 1. The molecule has 0 saturated heterocycles. The van der Waals surface area contributed by atoms with Gasteiger partial charge in [-0.05, 0) is 35.9 Å². The molecule has 29 heavy (non-hydrogen) atoms. The zero-order valence-corrected chi connectivity index (χ0v) is 16.2. The number of methoxy groups -OCH3 is 2. The van der Waals surface area contributed by atoms with E-state index in [-0.39, 0.29) is 11.8 Å². The number of nitrogens with zero attached hydrogens (tertiary/aromatic N) is 2. The van der Waals surface area contributed by atoms with Gasteiger partial charge in [0.05, 0.1) is 20.3 Å². The molecule has 0 aliphatic rings. The normalized spacial score (nSPS) is 11.8. The topological polar surface area (TPSA) is 76.5 Å². The van der Waals surface area contributed by atoms with Crippen LogP contribution in [0.3, 0.4) is 0 Å². The zero-order chi connectivity index (χ0) is 20.2. The maximum absolute atomic E-state index is 11.0. The average Bonchev–Trinajstić information content (AvgIpc) is 2.78. The molecule has 2 N–H and O–H groups in total. The molecule has 4 aromatic rings. The largest absolute Gasteiger partial charge is 0.505 e. The maximum Gasteiger partial charge on any atom is 0.161 e. The van der Waals surface area contributed by atoms with Crippen LogP contribution in [0.2, 0.25) is 0 Å². The standard InChI is InChI=1S/C23H21N3O3/c1-28-18-11-9-16(14-19(18)29-2)21(26-20-7-3-4-12-24-20)17-10-8-15-6-5-13-25-22(15)23(17)27/h3-14,21,27H,1-2H3,(H,24,26). The van der Waals surface area contributed by atoms with E-state index < -0.39 is 0 Å². The van der Waals surface area contributed by atoms with Gasteiger partial charge in [0, 0.05) is 23.3 Å². The van der Waals surface area contributed by atoms with Crippen LogP contribution in [-0.2, 0) is 0 Å². The van der Waals surface area contributed by atoms with E-state index in [1.807, 2.05) is 60.7 Å². The van der Waals surface area contributed by atoms with Crippen LogP contribution in [0.15, 0.2) is 73.1 Å². The second kappa shape index (κ2) is 8.06. The predicted octanol–water partition coefficient (Wildman–Crippen LogP) is 4.55. The molecule has 146 valence electrons. The summed E-state index contributed by atoms with van der Waals surface area (Å²) in [7, 11) is 3.20. The third kappa shape index (κ3) is 3.65. The molecule has 0 amide bonds. The van der Waals surface area contributed by atoms with Crippen molar-refractivity contribution in [3.8, 4) is 17.2 Å². The van der Waals surface area contributed by atoms with Gasteiger partial charge in [-0.3, -0.25) is 4.98 Å². The molecule has 2 aromatic carbocycles. The highest BCUT2D eigenvalue weighted by molar-refractivity contribution is 5.86. The van der Waals surface area contributed by atoms with E-state index >= 15 is 0 Å². The van der Waals surface area contributed by atoms with E-state index in [2.05, 4.69) is 15.3 Å². The number of phenolic OH excluding ortho intramolecular Hbond substituents is 1. The molecule has 6 heteroatoms. The molecule has 0 saturated carbocycles. The van der Waals surface area contributed by atoms with Gasteiger partial charge < -0.3 is 19.9 Å². The number of fused-ring (bicyclic) bond motifs is 1. The molecular weight excluding hydrogens is 366 g/mol. The van der Waals surface area contributed by atoms with Crippen molar-refractivity contribution in [1.82, 2.24) is 9.97 Å². The quantitative estimate of drug-likeness (QED) is 0.505. The number of nitrogens with one attached hydrogen (secondary N) is 1. The lowest BCUT2D eigenvalue weighted by atomic mass is 9.95. The summed E-state index contributed by atoms with van der Waals surface area (Å²) in [5, 5.41) is 15.3. The summed E-state index contributed by atoms with van der Waals surface area (Å²) in [6, 6.07) is 18.5. The predicted molar refractivity (Wildman–Crippen MR) is 113 cm³/mol. The van der Waals surface area contributed by atoms with Crippen molar-refractivity contribution < 1.29 is 14.6 Å². The number of anilines is 1. The van der Waals surface area contributed by atoms with E-state index in [4.69, 9.17) is 9.47 Å². The Morgan fingerprint density at radius 3 is 2.45 bits per heavy atom. The summed E-state index contributed by atoms with van der Waals surface area (Å²) in [6.07, 6.45) is 3.39. The van der Waals surface area contributed by atoms with Gasteiger partial charge in [0.1, 0.15) is 17.1 Å². The van der Waals surface area contributed by atoms with E-state index in [0.29, 0.717) is 28.4 Å². The number of benzene rings is 2. The summed E-state index contributed by atoms with van der Waals surface area (Å²) in [5.41, 5.74) is 2.13. The monoisotopic (exact) mass is 387 g/mol. The second-order valence-corrected chi connectivity index (χ2v) is 6.49. The van der Waals surface area contributed by atoms with Gasteiger partial charge in [-0.25, -0.2) is 4.98 Å². The lowest BCUT2D eigenvalue weighted by Crippen LogP contribution is -2.14. The minimum Gasteiger partial charge on any atom is -0.505 e. The first-order chi connectivity index (χ1) is 14.2. The van der Waals surface area contributed by atoms with Crippen molar-refractivity contribution >= 4 is 16.7 Å². The maximum atomic E-state index is 11.0. The Balaban J connectivity index is 1.86. The van der Waals surface area contributed by atoms with Crippen LogP contribution in [0.25, 0.3) is 10.9 Å². The SMILES string of the molecule is COc1ccc(C(Nc2ccccn2)c2ccc3cccnc3c2O)cc1OC. The Hall–Kier alpha value is -3.80. The van der Waals surface area contributed by atoms with Crippen LogP contribution < -0.4 is 14.8 Å². The molecule has 0 bridgehead atoms. The fourth-order valence-corrected chi connectivity index (χ4v) is 3.35. The Bertz CT molecular complexity index is 1130. The van der Waals surface area contributed by atoms with Crippen molar-refractivity contribution in [2.75, 3.05) is 19.5 Å². The molecule has 2 heterocycles. The van der Waals surface area contributed by atoms with Crippen molar-refractivity contribution in [2.24, 2.45) is 0 Å². The van der Waals surface area contributed by atoms with Gasteiger partial charge in [0.2, 0.25) is 0 Å². The Morgan fingerprint density at radius 2 is 1.69 bits per heavy atom. The van der Waals surface area contributed by atoms with Crippen molar-refractivity contribution in [3.63, 3.8) is 0 Å². The van der Waals surface area contributed by atoms with E-state index in [1.54, 1.807) is 26.6 Å². The molecule has 6 nitrogen and oxygen atoms in total. The molecule has 0 aliphatic heterocycles. The molecular formula is C23H21N3O3. The van der Waals surface area contributed by atoms with Gasteiger partial charge in [0.15, 0.2) is 11.5 Å². The van der Waals surface area contributed by atoms with Gasteiger partial charge >= 0.3 is 0 Å². The third-order valence-corrected chi connectivity index (χ3v) is 4.79. The van der Waals surface area contributed by atoms with Gasteiger partial charge in [-0.2, -0.15) is 0 Å². The fourth-order valence-electron chi connectivity index (χ4n) is 3.35. The molecule has 2 aromatic heterocycles. The summed E-state index contributed by atoms with van der Waals surface area (Å²) < 4.78 is 10.8. The first kappa shape index (κ1) is 18.6. The molecule has 1 unspecified atom stereocenters. The third-order valence-electron chi connectivity index (χ3n) is 4.79. The lowest BCUT2D eigenvalue weighted by molar-refractivity contribution is 0.354. The molecule has 4 rings (SSSR count). The summed E-state index contributed by atoms with van der Waals surface area (Å²) in [4.78, 5) is 8.72. The van der Waals surface area contributed by atoms with E-state index in [9.17, 15) is 5.11 Å². The highest BCUT2D eigenvalue weighted by Crippen LogP contribution is 2.38. The Kier molecular flexibility index (Phi) is 5.16. The number of pyridine rings is 2. The van der Waals surface area contributed by atoms with Gasteiger partial charge in [0.25, 0.3) is 0 Å². The summed E-state index contributed by atoms with van der Waals surface area (Å²) >= 11 is 0. The van der Waals surface area contributed by atoms with Crippen LogP contribution in [0.4, 0.5) is 5.82 Å². The number of hydrogen-bond donors (Lipinski definition) is 2. The Labute approximate surface area is 168 Å². The molecule has 0 fully saturated rings. The summed E-state index contributed by atoms with van der Waals surface area (Å²) in [5.74, 6) is 2.06. The smallest absolute Gasteiger partial charge is 0.161 e. The van der Waals surface area contributed by atoms with Crippen LogP contribution in [0, 0.1) is 0 Å². The van der Waals surface area contributed by atoms with Crippen LogP contribution in [-0.4, -0.2) is 29.3 Å². The first-order valence-electron chi connectivity index (χ1n) is 9.17. The number of phenols is 1. The number of hydrogen-bond acceptors (Lipinski definition) is 6. The van der Waals surface area contributed by atoms with E-state index in [0.717, 1.165) is 10.9 Å². The first-order valence-corrected chi connectivity index (χ1v) is 9.17. The zero-order valence-electron chi connectivity index (χ0n) is 16.2. The minimum absolute atomic E-state index is 0.131. The minimum atomic E-state index is -0.379. The highest BCUT2D eigenvalue weighted by atomic mass is 16.5. The molecule has 1 atom stereocenters. The number of aromatic nitrogens is 2. The molecule has 0 spiro atoms. The fraction of sp³-hybridized carbons (Fsp3) is 0.130. The Morgan fingerprint density at radius 1 is 0.862 bits per heavy atom. The average molecular weight is 387 g/mol. The van der Waals surface area contributed by atoms with Crippen LogP contribution in [0.1, 0.15) is 17.2 Å². The van der Waals surface area contributed by atoms with Crippen molar-refractivity contribution in [3.05, 3.63) is 84.2 Å². The van der Waals surface area contributed by atoms with Crippen molar-refractivity contribution in [2.45, 2.75) is 6.04 Å². The second-order valence-electron chi connectivity index (χ2n) is 6.49. The highest BCUT2D eigenvalue weighted by Gasteiger charge is 2.22. The van der Waals surface area contributed by atoms with Gasteiger partial charge in [-0.1, -0.05) is 30.3 Å². The van der Waals surface area contributed by atoms with Gasteiger partial charge in [-0.15, -0.1) is 0 Å². The van der Waals surface area contributed by atoms with Crippen molar-refractivity contribution in [1.29, 1.82) is 0 Å². The molecule has 0 aliphatic carbocycles. The number of rotatable bonds is 6. The summed E-state index contributed by atoms with van der Waals surface area (Å²) in [6.45, 7) is 0. The van der Waals surface area contributed by atoms with E-state index in [1.165, 1.54) is 0 Å². The van der Waals surface area contributed by atoms with Crippen LogP contribution >= 0.6 is 0 Å². The number of ether oxygens (including phenoxy) is 2. The molecule has 0 radical (unpaired) electrons.